The van der Waals surface area contributed by atoms with E-state index >= 15 is 0 Å². The van der Waals surface area contributed by atoms with E-state index in [1.165, 1.54) is 18.2 Å². The Balaban J connectivity index is 2.38. The molecule has 0 radical (unpaired) electrons. The highest BCUT2D eigenvalue weighted by Gasteiger charge is 2.14. The second kappa shape index (κ2) is 8.58. The largest absolute Gasteiger partial charge is 0.462 e. The standard InChI is InChI=1S/C18H19N3O4/c1-3-24-17(22)12-8-13(18(23)25-4-2)10-16(9-12)21-20-15-7-5-6-14(19)11-15/h5-11H,3-4,19H2,1-2H3. The Morgan fingerprint density at radius 1 is 0.880 bits per heavy atom. The zero-order valence-electron chi connectivity index (χ0n) is 14.1. The van der Waals surface area contributed by atoms with E-state index in [2.05, 4.69) is 10.2 Å². The normalized spacial score (nSPS) is 10.6. The first-order valence-electron chi connectivity index (χ1n) is 7.80. The Morgan fingerprint density at radius 3 is 1.96 bits per heavy atom. The fraction of sp³-hybridized carbons (Fsp3) is 0.222. The molecule has 2 rings (SSSR count). The molecule has 0 aliphatic carbocycles. The third kappa shape index (κ3) is 5.13. The molecule has 0 atom stereocenters. The molecule has 0 unspecified atom stereocenters. The molecule has 130 valence electrons. The molecule has 2 aromatic rings. The summed E-state index contributed by atoms with van der Waals surface area (Å²) < 4.78 is 9.95. The molecule has 0 heterocycles. The number of anilines is 1. The first-order valence-corrected chi connectivity index (χ1v) is 7.80. The van der Waals surface area contributed by atoms with Gasteiger partial charge < -0.3 is 15.2 Å². The second-order valence-corrected chi connectivity index (χ2v) is 5.00. The molecule has 0 bridgehead atoms. The highest BCUT2D eigenvalue weighted by Crippen LogP contribution is 2.23. The topological polar surface area (TPSA) is 103 Å². The number of nitrogen functional groups attached to an aromatic ring is 1. The molecule has 2 aromatic carbocycles. The summed E-state index contributed by atoms with van der Waals surface area (Å²) in [4.78, 5) is 24.0. The van der Waals surface area contributed by atoms with Gasteiger partial charge in [0, 0.05) is 5.69 Å². The number of azo groups is 1. The predicted octanol–water partition coefficient (Wildman–Crippen LogP) is 4.04. The minimum Gasteiger partial charge on any atom is -0.462 e. The van der Waals surface area contributed by atoms with Crippen LogP contribution in [-0.4, -0.2) is 25.2 Å². The molecule has 0 aromatic heterocycles. The van der Waals surface area contributed by atoms with Crippen LogP contribution in [0.4, 0.5) is 17.1 Å². The van der Waals surface area contributed by atoms with Crippen LogP contribution >= 0.6 is 0 Å². The fourth-order valence-corrected chi connectivity index (χ4v) is 2.04. The van der Waals surface area contributed by atoms with E-state index in [4.69, 9.17) is 15.2 Å². The van der Waals surface area contributed by atoms with Crippen molar-refractivity contribution >= 4 is 29.0 Å². The minimum atomic E-state index is -0.547. The monoisotopic (exact) mass is 341 g/mol. The maximum Gasteiger partial charge on any atom is 0.338 e. The van der Waals surface area contributed by atoms with E-state index in [0.29, 0.717) is 17.1 Å². The van der Waals surface area contributed by atoms with Crippen molar-refractivity contribution in [3.8, 4) is 0 Å². The van der Waals surface area contributed by atoms with Crippen LogP contribution in [-0.2, 0) is 9.47 Å². The van der Waals surface area contributed by atoms with E-state index in [-0.39, 0.29) is 24.3 Å². The van der Waals surface area contributed by atoms with E-state index in [0.717, 1.165) is 0 Å². The number of carbonyl (C=O) groups excluding carboxylic acids is 2. The zero-order valence-corrected chi connectivity index (χ0v) is 14.1. The SMILES string of the molecule is CCOC(=O)c1cc(N=Nc2cccc(N)c2)cc(C(=O)OCC)c1. The lowest BCUT2D eigenvalue weighted by Gasteiger charge is -2.06. The molecule has 0 saturated heterocycles. The number of hydrogen-bond donors (Lipinski definition) is 1. The molecule has 0 spiro atoms. The quantitative estimate of drug-likeness (QED) is 0.485. The van der Waals surface area contributed by atoms with Crippen LogP contribution in [0.3, 0.4) is 0 Å². The van der Waals surface area contributed by atoms with Crippen LogP contribution in [0.25, 0.3) is 0 Å². The number of rotatable bonds is 6. The number of benzene rings is 2. The Kier molecular flexibility index (Phi) is 6.22. The van der Waals surface area contributed by atoms with Gasteiger partial charge in [-0.25, -0.2) is 9.59 Å². The van der Waals surface area contributed by atoms with E-state index in [1.54, 1.807) is 38.1 Å². The van der Waals surface area contributed by atoms with Gasteiger partial charge in [-0.15, -0.1) is 0 Å². The van der Waals surface area contributed by atoms with Gasteiger partial charge in [0.1, 0.15) is 0 Å². The second-order valence-electron chi connectivity index (χ2n) is 5.00. The summed E-state index contributed by atoms with van der Waals surface area (Å²) in [6, 6.07) is 11.3. The Hall–Kier alpha value is -3.22. The number of nitrogens with zero attached hydrogens (tertiary/aromatic N) is 2. The molecule has 0 fully saturated rings. The molecule has 0 saturated carbocycles. The van der Waals surface area contributed by atoms with Gasteiger partial charge in [0.15, 0.2) is 0 Å². The lowest BCUT2D eigenvalue weighted by atomic mass is 10.1. The summed E-state index contributed by atoms with van der Waals surface area (Å²) in [6.07, 6.45) is 0. The van der Waals surface area contributed by atoms with Gasteiger partial charge in [0.2, 0.25) is 0 Å². The lowest BCUT2D eigenvalue weighted by molar-refractivity contribution is 0.0525. The Morgan fingerprint density at radius 2 is 1.44 bits per heavy atom. The van der Waals surface area contributed by atoms with Crippen molar-refractivity contribution in [1.29, 1.82) is 0 Å². The number of hydrogen-bond acceptors (Lipinski definition) is 7. The van der Waals surface area contributed by atoms with E-state index in [9.17, 15) is 9.59 Å². The maximum absolute atomic E-state index is 12.0. The average Bonchev–Trinajstić information content (AvgIpc) is 2.60. The van der Waals surface area contributed by atoms with Crippen molar-refractivity contribution in [2.24, 2.45) is 10.2 Å². The van der Waals surface area contributed by atoms with Crippen LogP contribution in [0, 0.1) is 0 Å². The molecule has 0 aliphatic heterocycles. The van der Waals surface area contributed by atoms with Gasteiger partial charge in [-0.3, -0.25) is 0 Å². The Bertz CT molecular complexity index is 766. The van der Waals surface area contributed by atoms with Gasteiger partial charge >= 0.3 is 11.9 Å². The first kappa shape index (κ1) is 18.1. The highest BCUT2D eigenvalue weighted by molar-refractivity contribution is 5.96. The minimum absolute atomic E-state index is 0.203. The van der Waals surface area contributed by atoms with Gasteiger partial charge in [-0.1, -0.05) is 6.07 Å². The van der Waals surface area contributed by atoms with Gasteiger partial charge in [-0.05, 0) is 50.2 Å². The fourth-order valence-electron chi connectivity index (χ4n) is 2.04. The lowest BCUT2D eigenvalue weighted by Crippen LogP contribution is -2.09. The summed E-state index contributed by atoms with van der Waals surface area (Å²) in [7, 11) is 0. The molecule has 0 aliphatic rings. The van der Waals surface area contributed by atoms with Crippen LogP contribution in [0.5, 0.6) is 0 Å². The van der Waals surface area contributed by atoms with Crippen LogP contribution in [0.1, 0.15) is 34.6 Å². The smallest absolute Gasteiger partial charge is 0.338 e. The van der Waals surface area contributed by atoms with Gasteiger partial charge in [-0.2, -0.15) is 10.2 Å². The first-order chi connectivity index (χ1) is 12.0. The molecule has 25 heavy (non-hydrogen) atoms. The number of ether oxygens (including phenoxy) is 2. The predicted molar refractivity (Wildman–Crippen MR) is 93.4 cm³/mol. The van der Waals surface area contributed by atoms with Crippen LogP contribution in [0.2, 0.25) is 0 Å². The van der Waals surface area contributed by atoms with Crippen molar-refractivity contribution in [1.82, 2.24) is 0 Å². The van der Waals surface area contributed by atoms with Crippen molar-refractivity contribution in [2.75, 3.05) is 18.9 Å². The number of nitrogens with two attached hydrogens (primary N) is 1. The molecular weight excluding hydrogens is 322 g/mol. The van der Waals surface area contributed by atoms with Crippen LogP contribution in [0.15, 0.2) is 52.7 Å². The number of esters is 2. The molecule has 7 heteroatoms. The summed E-state index contributed by atoms with van der Waals surface area (Å²) in [5.74, 6) is -1.09. The highest BCUT2D eigenvalue weighted by atomic mass is 16.5. The summed E-state index contributed by atoms with van der Waals surface area (Å²) >= 11 is 0. The maximum atomic E-state index is 12.0. The van der Waals surface area contributed by atoms with E-state index in [1.807, 2.05) is 0 Å². The van der Waals surface area contributed by atoms with Crippen LogP contribution < -0.4 is 5.73 Å². The van der Waals surface area contributed by atoms with Gasteiger partial charge in [0.25, 0.3) is 0 Å². The van der Waals surface area contributed by atoms with E-state index < -0.39 is 11.9 Å². The number of carbonyl (C=O) groups is 2. The zero-order chi connectivity index (χ0) is 18.2. The van der Waals surface area contributed by atoms with Crippen molar-refractivity contribution in [2.45, 2.75) is 13.8 Å². The molecule has 7 nitrogen and oxygen atoms in total. The molecule has 2 N–H and O–H groups in total. The average molecular weight is 341 g/mol. The van der Waals surface area contributed by atoms with Crippen molar-refractivity contribution < 1.29 is 19.1 Å². The molecule has 0 amide bonds. The van der Waals surface area contributed by atoms with Gasteiger partial charge in [0.05, 0.1) is 35.7 Å². The summed E-state index contributed by atoms with van der Waals surface area (Å²) in [5, 5.41) is 8.15. The summed E-state index contributed by atoms with van der Waals surface area (Å²) in [6.45, 7) is 3.85. The Labute approximate surface area is 145 Å². The molecular formula is C18H19N3O4. The summed E-state index contributed by atoms with van der Waals surface area (Å²) in [5.41, 5.74) is 7.55. The third-order valence-corrected chi connectivity index (χ3v) is 3.09. The third-order valence-electron chi connectivity index (χ3n) is 3.09. The van der Waals surface area contributed by atoms with Crippen molar-refractivity contribution in [3.63, 3.8) is 0 Å². The van der Waals surface area contributed by atoms with Crippen molar-refractivity contribution in [3.05, 3.63) is 53.6 Å².